The number of anilines is 1. The molecule has 0 aliphatic rings. The van der Waals surface area contributed by atoms with Crippen LogP contribution in [0.3, 0.4) is 0 Å². The van der Waals surface area contributed by atoms with Gasteiger partial charge in [0.1, 0.15) is 0 Å². The van der Waals surface area contributed by atoms with Crippen molar-refractivity contribution in [2.24, 2.45) is 0 Å². The van der Waals surface area contributed by atoms with E-state index in [1.807, 2.05) is 20.8 Å². The number of benzene rings is 1. The summed E-state index contributed by atoms with van der Waals surface area (Å²) in [6.45, 7) is 7.68. The predicted molar refractivity (Wildman–Crippen MR) is 74.2 cm³/mol. The van der Waals surface area contributed by atoms with Crippen LogP contribution < -0.4 is 10.6 Å². The molecule has 1 amide bonds. The Balaban J connectivity index is 2.70. The highest BCUT2D eigenvalue weighted by molar-refractivity contribution is 5.92. The molecule has 0 radical (unpaired) electrons. The number of nitro benzene ring substituents is 1. The van der Waals surface area contributed by atoms with E-state index in [1.54, 1.807) is 19.1 Å². The molecule has 0 aliphatic carbocycles. The van der Waals surface area contributed by atoms with Gasteiger partial charge in [-0.1, -0.05) is 6.07 Å². The Kier molecular flexibility index (Phi) is 4.61. The van der Waals surface area contributed by atoms with Gasteiger partial charge >= 0.3 is 0 Å². The highest BCUT2D eigenvalue weighted by atomic mass is 16.6. The summed E-state index contributed by atoms with van der Waals surface area (Å²) in [5, 5.41) is 16.5. The largest absolute Gasteiger partial charge is 0.325 e. The van der Waals surface area contributed by atoms with Gasteiger partial charge in [0.15, 0.2) is 0 Å². The Bertz CT molecular complexity index is 492. The molecule has 0 aliphatic heterocycles. The number of nitrogens with zero attached hydrogens (tertiary/aromatic N) is 1. The molecule has 2 N–H and O–H groups in total. The Labute approximate surface area is 112 Å². The van der Waals surface area contributed by atoms with Crippen molar-refractivity contribution in [1.29, 1.82) is 0 Å². The van der Waals surface area contributed by atoms with Crippen molar-refractivity contribution in [2.45, 2.75) is 33.2 Å². The minimum atomic E-state index is -0.460. The van der Waals surface area contributed by atoms with Crippen LogP contribution in [-0.4, -0.2) is 22.9 Å². The van der Waals surface area contributed by atoms with Crippen molar-refractivity contribution in [3.8, 4) is 0 Å². The van der Waals surface area contributed by atoms with Crippen LogP contribution in [0, 0.1) is 17.0 Å². The van der Waals surface area contributed by atoms with Crippen molar-refractivity contribution in [3.63, 3.8) is 0 Å². The van der Waals surface area contributed by atoms with Gasteiger partial charge in [-0.3, -0.25) is 14.9 Å². The first kappa shape index (κ1) is 15.1. The quantitative estimate of drug-likeness (QED) is 0.646. The molecule has 0 heterocycles. The highest BCUT2D eigenvalue weighted by Gasteiger charge is 2.14. The molecule has 0 unspecified atom stereocenters. The molecule has 0 bridgehead atoms. The van der Waals surface area contributed by atoms with Gasteiger partial charge in [-0.15, -0.1) is 0 Å². The second kappa shape index (κ2) is 5.79. The molecule has 0 saturated carbocycles. The Morgan fingerprint density at radius 2 is 2.00 bits per heavy atom. The predicted octanol–water partition coefficient (Wildman–Crippen LogP) is 2.23. The van der Waals surface area contributed by atoms with Gasteiger partial charge in [-0.2, -0.15) is 0 Å². The fourth-order valence-corrected chi connectivity index (χ4v) is 1.43. The molecule has 1 aromatic carbocycles. The van der Waals surface area contributed by atoms with Crippen LogP contribution in [0.1, 0.15) is 26.3 Å². The lowest BCUT2D eigenvalue weighted by Gasteiger charge is -2.20. The minimum Gasteiger partial charge on any atom is -0.325 e. The lowest BCUT2D eigenvalue weighted by atomic mass is 10.1. The molecular formula is C13H19N3O3. The van der Waals surface area contributed by atoms with Crippen molar-refractivity contribution >= 4 is 17.3 Å². The zero-order valence-electron chi connectivity index (χ0n) is 11.6. The molecule has 19 heavy (non-hydrogen) atoms. The van der Waals surface area contributed by atoms with Crippen LogP contribution in [0.15, 0.2) is 18.2 Å². The summed E-state index contributed by atoms with van der Waals surface area (Å²) in [5.74, 6) is -0.229. The van der Waals surface area contributed by atoms with E-state index in [9.17, 15) is 14.9 Å². The molecule has 6 heteroatoms. The van der Waals surface area contributed by atoms with Crippen LogP contribution >= 0.6 is 0 Å². The number of aryl methyl sites for hydroxylation is 1. The van der Waals surface area contributed by atoms with Crippen LogP contribution in [0.4, 0.5) is 11.4 Å². The van der Waals surface area contributed by atoms with E-state index in [-0.39, 0.29) is 23.7 Å². The third kappa shape index (κ3) is 5.05. The average molecular weight is 265 g/mol. The first-order valence-corrected chi connectivity index (χ1v) is 5.99. The normalized spacial score (nSPS) is 11.2. The molecule has 0 spiro atoms. The van der Waals surface area contributed by atoms with Gasteiger partial charge in [-0.05, 0) is 33.8 Å². The van der Waals surface area contributed by atoms with E-state index in [1.165, 1.54) is 6.07 Å². The second-order valence-corrected chi connectivity index (χ2v) is 5.41. The molecule has 0 atom stereocenters. The van der Waals surface area contributed by atoms with Gasteiger partial charge in [0, 0.05) is 22.9 Å². The molecule has 0 aromatic heterocycles. The number of hydrogen-bond acceptors (Lipinski definition) is 4. The highest BCUT2D eigenvalue weighted by Crippen LogP contribution is 2.22. The van der Waals surface area contributed by atoms with Gasteiger partial charge in [0.05, 0.1) is 11.5 Å². The van der Waals surface area contributed by atoms with Crippen LogP contribution in [-0.2, 0) is 4.79 Å². The van der Waals surface area contributed by atoms with E-state index in [2.05, 4.69) is 10.6 Å². The van der Waals surface area contributed by atoms with Crippen molar-refractivity contribution in [2.75, 3.05) is 11.9 Å². The summed E-state index contributed by atoms with van der Waals surface area (Å²) in [6, 6.07) is 4.63. The maximum absolute atomic E-state index is 11.7. The second-order valence-electron chi connectivity index (χ2n) is 5.41. The molecule has 0 saturated heterocycles. The molecular weight excluding hydrogens is 246 g/mol. The maximum atomic E-state index is 11.7. The van der Waals surface area contributed by atoms with Gasteiger partial charge in [0.2, 0.25) is 5.91 Å². The maximum Gasteiger partial charge on any atom is 0.274 e. The lowest BCUT2D eigenvalue weighted by molar-refractivity contribution is -0.385. The van der Waals surface area contributed by atoms with Crippen LogP contribution in [0.2, 0.25) is 0 Å². The van der Waals surface area contributed by atoms with Crippen molar-refractivity contribution in [3.05, 3.63) is 33.9 Å². The van der Waals surface area contributed by atoms with Crippen LogP contribution in [0.5, 0.6) is 0 Å². The summed E-state index contributed by atoms with van der Waals surface area (Å²) < 4.78 is 0. The topological polar surface area (TPSA) is 84.3 Å². The first-order chi connectivity index (χ1) is 8.69. The summed E-state index contributed by atoms with van der Waals surface area (Å²) in [5.41, 5.74) is 0.840. The van der Waals surface area contributed by atoms with Crippen molar-refractivity contribution in [1.82, 2.24) is 5.32 Å². The third-order valence-electron chi connectivity index (χ3n) is 2.47. The standard InChI is InChI=1S/C13H19N3O3/c1-9-5-6-10(7-11(9)16(18)19)15-12(17)8-14-13(2,3)4/h5-7,14H,8H2,1-4H3,(H,15,17). The number of nitro groups is 1. The SMILES string of the molecule is Cc1ccc(NC(=O)CNC(C)(C)C)cc1[N+](=O)[O-]. The van der Waals surface area contributed by atoms with Gasteiger partial charge in [0.25, 0.3) is 5.69 Å². The fraction of sp³-hybridized carbons (Fsp3) is 0.462. The first-order valence-electron chi connectivity index (χ1n) is 5.99. The number of carbonyl (C=O) groups is 1. The van der Waals surface area contributed by atoms with Gasteiger partial charge in [-0.25, -0.2) is 0 Å². The number of amides is 1. The average Bonchev–Trinajstić information content (AvgIpc) is 2.28. The number of rotatable bonds is 4. The summed E-state index contributed by atoms with van der Waals surface area (Å²) in [4.78, 5) is 22.0. The smallest absolute Gasteiger partial charge is 0.274 e. The lowest BCUT2D eigenvalue weighted by Crippen LogP contribution is -2.41. The molecule has 104 valence electrons. The van der Waals surface area contributed by atoms with E-state index in [4.69, 9.17) is 0 Å². The number of nitrogens with one attached hydrogen (secondary N) is 2. The Morgan fingerprint density at radius 1 is 1.37 bits per heavy atom. The summed E-state index contributed by atoms with van der Waals surface area (Å²) in [7, 11) is 0. The van der Waals surface area contributed by atoms with Gasteiger partial charge < -0.3 is 10.6 Å². The fourth-order valence-electron chi connectivity index (χ4n) is 1.43. The molecule has 1 rings (SSSR count). The van der Waals surface area contributed by atoms with Crippen molar-refractivity contribution < 1.29 is 9.72 Å². The zero-order chi connectivity index (χ0) is 14.6. The van der Waals surface area contributed by atoms with E-state index >= 15 is 0 Å². The number of hydrogen-bond donors (Lipinski definition) is 2. The summed E-state index contributed by atoms with van der Waals surface area (Å²) in [6.07, 6.45) is 0. The minimum absolute atomic E-state index is 0.00146. The summed E-state index contributed by atoms with van der Waals surface area (Å²) >= 11 is 0. The molecule has 6 nitrogen and oxygen atoms in total. The molecule has 0 fully saturated rings. The monoisotopic (exact) mass is 265 g/mol. The van der Waals surface area contributed by atoms with E-state index in [0.29, 0.717) is 11.3 Å². The number of carbonyl (C=O) groups excluding carboxylic acids is 1. The molecule has 1 aromatic rings. The van der Waals surface area contributed by atoms with E-state index < -0.39 is 4.92 Å². The Morgan fingerprint density at radius 3 is 2.53 bits per heavy atom. The third-order valence-corrected chi connectivity index (χ3v) is 2.47. The Hall–Kier alpha value is -1.95. The zero-order valence-corrected chi connectivity index (χ0v) is 11.6. The van der Waals surface area contributed by atoms with Crippen LogP contribution in [0.25, 0.3) is 0 Å². The van der Waals surface area contributed by atoms with E-state index in [0.717, 1.165) is 0 Å².